The lowest BCUT2D eigenvalue weighted by Crippen LogP contribution is -2.44. The summed E-state index contributed by atoms with van der Waals surface area (Å²) < 4.78 is 11.1. The number of carboxylic acid groups (broad SMARTS) is 1. The van der Waals surface area contributed by atoms with Gasteiger partial charge in [-0.05, 0) is 75.1 Å². The van der Waals surface area contributed by atoms with Crippen molar-refractivity contribution in [2.24, 2.45) is 0 Å². The minimum absolute atomic E-state index is 0.00399. The number of hydrogen-bond acceptors (Lipinski definition) is 7. The summed E-state index contributed by atoms with van der Waals surface area (Å²) in [5, 5.41) is 17.8. The van der Waals surface area contributed by atoms with Crippen LogP contribution in [0.4, 0.5) is 4.79 Å². The van der Waals surface area contributed by atoms with Crippen molar-refractivity contribution in [3.63, 3.8) is 0 Å². The number of alkyl carbamates (subject to hydrolysis) is 1. The quantitative estimate of drug-likeness (QED) is 0.0490. The first-order chi connectivity index (χ1) is 27.4. The summed E-state index contributed by atoms with van der Waals surface area (Å²) in [7, 11) is 0. The van der Waals surface area contributed by atoms with Crippen LogP contribution in [-0.2, 0) is 28.7 Å². The number of carboxylic acids is 1. The summed E-state index contributed by atoms with van der Waals surface area (Å²) in [6.07, 6.45) is 16.5. The van der Waals surface area contributed by atoms with Gasteiger partial charge in [0.2, 0.25) is 11.8 Å². The number of nitrogens with one attached hydrogen (secondary N) is 3. The Morgan fingerprint density at radius 3 is 1.74 bits per heavy atom. The first kappa shape index (κ1) is 47.0. The first-order valence-corrected chi connectivity index (χ1v) is 21.5. The van der Waals surface area contributed by atoms with E-state index in [1.807, 2.05) is 48.5 Å². The molecule has 1 aliphatic rings. The fourth-order valence-corrected chi connectivity index (χ4v) is 7.30. The number of esters is 1. The third-order valence-corrected chi connectivity index (χ3v) is 10.4. The van der Waals surface area contributed by atoms with Gasteiger partial charge in [-0.25, -0.2) is 14.4 Å². The Kier molecular flexibility index (Phi) is 21.2. The molecule has 0 unspecified atom stereocenters. The zero-order valence-electron chi connectivity index (χ0n) is 35.0. The fourth-order valence-electron chi connectivity index (χ4n) is 7.30. The summed E-state index contributed by atoms with van der Waals surface area (Å²) in [5.41, 5.74) is 3.58. The van der Waals surface area contributed by atoms with E-state index >= 15 is 0 Å². The van der Waals surface area contributed by atoms with E-state index in [2.05, 4.69) is 22.9 Å². The van der Waals surface area contributed by atoms with E-state index in [-0.39, 0.29) is 43.6 Å². The Labute approximate surface area is 340 Å². The summed E-state index contributed by atoms with van der Waals surface area (Å²) in [4.78, 5) is 63.0. The van der Waals surface area contributed by atoms with Gasteiger partial charge in [0.05, 0.1) is 0 Å². The van der Waals surface area contributed by atoms with Gasteiger partial charge in [-0.15, -0.1) is 0 Å². The monoisotopic (exact) mass is 792 g/mol. The first-order valence-electron chi connectivity index (χ1n) is 21.5. The average Bonchev–Trinajstić information content (AvgIpc) is 3.49. The number of amides is 3. The molecule has 0 radical (unpaired) electrons. The molecule has 2 atom stereocenters. The molecule has 0 heterocycles. The minimum Gasteiger partial charge on any atom is -0.480 e. The molecule has 0 aliphatic heterocycles. The number of carbonyl (C=O) groups excluding carboxylic acids is 4. The zero-order chi connectivity index (χ0) is 41.5. The Hall–Kier alpha value is -4.41. The lowest BCUT2D eigenvalue weighted by atomic mass is 9.98. The van der Waals surface area contributed by atoms with E-state index in [4.69, 9.17) is 9.47 Å². The molecule has 3 amide bonds. The van der Waals surface area contributed by atoms with Crippen molar-refractivity contribution < 1.29 is 38.6 Å². The van der Waals surface area contributed by atoms with E-state index in [1.165, 1.54) is 64.2 Å². The molecule has 0 fully saturated rings. The smallest absolute Gasteiger partial charge is 0.407 e. The van der Waals surface area contributed by atoms with Crippen molar-refractivity contribution in [1.29, 1.82) is 0 Å². The highest BCUT2D eigenvalue weighted by molar-refractivity contribution is 5.85. The van der Waals surface area contributed by atoms with E-state index < -0.39 is 35.7 Å². The van der Waals surface area contributed by atoms with E-state index in [9.17, 15) is 29.1 Å². The maximum absolute atomic E-state index is 12.9. The summed E-state index contributed by atoms with van der Waals surface area (Å²) >= 11 is 0. The SMILES string of the molecule is CCCCCCCCCCCCCCCC(=O)N[C@@H](CCC(=O)NCCCC[C@H](NC(=O)OCC1c2ccccc2-c2ccccc21)C(=O)O)C(=O)OC(C)(C)C. The molecule has 1 aliphatic carbocycles. The van der Waals surface area contributed by atoms with Crippen LogP contribution in [0.25, 0.3) is 11.1 Å². The number of rotatable bonds is 28. The minimum atomic E-state index is -1.17. The second kappa shape index (κ2) is 25.8. The van der Waals surface area contributed by atoms with Crippen molar-refractivity contribution in [3.05, 3.63) is 59.7 Å². The van der Waals surface area contributed by atoms with Crippen molar-refractivity contribution in [2.75, 3.05) is 13.2 Å². The van der Waals surface area contributed by atoms with Crippen molar-refractivity contribution in [2.45, 2.75) is 173 Å². The van der Waals surface area contributed by atoms with Gasteiger partial charge in [-0.2, -0.15) is 0 Å². The lowest BCUT2D eigenvalue weighted by Gasteiger charge is -2.24. The number of fused-ring (bicyclic) bond motifs is 3. The van der Waals surface area contributed by atoms with E-state index in [0.29, 0.717) is 25.8 Å². The van der Waals surface area contributed by atoms with Crippen molar-refractivity contribution >= 4 is 29.8 Å². The highest BCUT2D eigenvalue weighted by Gasteiger charge is 2.30. The maximum atomic E-state index is 12.9. The number of ether oxygens (including phenoxy) is 2. The normalized spacial score (nSPS) is 13.2. The van der Waals surface area contributed by atoms with E-state index in [0.717, 1.165) is 41.5 Å². The highest BCUT2D eigenvalue weighted by atomic mass is 16.6. The Morgan fingerprint density at radius 2 is 1.19 bits per heavy atom. The third-order valence-electron chi connectivity index (χ3n) is 10.4. The van der Waals surface area contributed by atoms with Gasteiger partial charge in [0.1, 0.15) is 24.3 Å². The van der Waals surface area contributed by atoms with Crippen LogP contribution < -0.4 is 16.0 Å². The van der Waals surface area contributed by atoms with Crippen LogP contribution in [0.2, 0.25) is 0 Å². The lowest BCUT2D eigenvalue weighted by molar-refractivity contribution is -0.159. The molecule has 0 saturated heterocycles. The molecule has 2 aromatic carbocycles. The molecule has 57 heavy (non-hydrogen) atoms. The number of benzene rings is 2. The second-order valence-corrected chi connectivity index (χ2v) is 16.4. The van der Waals surface area contributed by atoms with Crippen LogP contribution >= 0.6 is 0 Å². The topological polar surface area (TPSA) is 160 Å². The van der Waals surface area contributed by atoms with Crippen LogP contribution in [0.1, 0.15) is 167 Å². The summed E-state index contributed by atoms with van der Waals surface area (Å²) in [6, 6.07) is 13.9. The molecular weight excluding hydrogens is 723 g/mol. The molecule has 2 aromatic rings. The third kappa shape index (κ3) is 18.2. The molecule has 3 rings (SSSR count). The maximum Gasteiger partial charge on any atom is 0.407 e. The van der Waals surface area contributed by atoms with Crippen molar-refractivity contribution in [1.82, 2.24) is 16.0 Å². The summed E-state index contributed by atoms with van der Waals surface area (Å²) in [5.74, 6) is -2.40. The number of aliphatic carboxylic acids is 1. The van der Waals surface area contributed by atoms with Crippen LogP contribution in [-0.4, -0.2) is 65.8 Å². The summed E-state index contributed by atoms with van der Waals surface area (Å²) in [6.45, 7) is 7.88. The Bertz CT molecular complexity index is 1510. The standard InChI is InChI=1S/C46H69N3O8/c1-5-6-7-8-9-10-11-12-13-14-15-16-17-29-42(51)48-40(44(54)57-46(2,3)4)30-31-41(50)47-32-23-22-28-39(43(52)53)49-45(55)56-33-38-36-26-20-18-24-34(36)35-25-19-21-27-37(35)38/h18-21,24-27,38-40H,5-17,22-23,28-33H2,1-4H3,(H,47,50)(H,48,51)(H,49,55)(H,52,53)/t39-,40-/m0/s1. The molecule has 11 heteroatoms. The van der Waals surface area contributed by atoms with Gasteiger partial charge in [0.15, 0.2) is 0 Å². The molecule has 11 nitrogen and oxygen atoms in total. The fraction of sp³-hybridized carbons (Fsp3) is 0.630. The molecule has 316 valence electrons. The highest BCUT2D eigenvalue weighted by Crippen LogP contribution is 2.44. The van der Waals surface area contributed by atoms with Crippen LogP contribution in [0.5, 0.6) is 0 Å². The van der Waals surface area contributed by atoms with Gasteiger partial charge in [0, 0.05) is 25.3 Å². The molecule has 4 N–H and O–H groups in total. The average molecular weight is 792 g/mol. The Balaban J connectivity index is 1.31. The van der Waals surface area contributed by atoms with Crippen molar-refractivity contribution in [3.8, 4) is 11.1 Å². The van der Waals surface area contributed by atoms with Crippen LogP contribution in [0.15, 0.2) is 48.5 Å². The largest absolute Gasteiger partial charge is 0.480 e. The number of hydrogen-bond donors (Lipinski definition) is 4. The zero-order valence-corrected chi connectivity index (χ0v) is 35.0. The molecule has 0 saturated carbocycles. The van der Waals surface area contributed by atoms with Crippen LogP contribution in [0.3, 0.4) is 0 Å². The molecular formula is C46H69N3O8. The van der Waals surface area contributed by atoms with Gasteiger partial charge in [-0.1, -0.05) is 133 Å². The molecule has 0 bridgehead atoms. The predicted molar refractivity (Wildman–Crippen MR) is 224 cm³/mol. The Morgan fingerprint density at radius 1 is 0.649 bits per heavy atom. The molecule has 0 spiro atoms. The number of carbonyl (C=O) groups is 5. The van der Waals surface area contributed by atoms with Gasteiger partial charge >= 0.3 is 18.0 Å². The van der Waals surface area contributed by atoms with Gasteiger partial charge < -0.3 is 30.5 Å². The predicted octanol–water partition coefficient (Wildman–Crippen LogP) is 9.35. The van der Waals surface area contributed by atoms with Crippen LogP contribution in [0, 0.1) is 0 Å². The van der Waals surface area contributed by atoms with Gasteiger partial charge in [0.25, 0.3) is 0 Å². The van der Waals surface area contributed by atoms with Gasteiger partial charge in [-0.3, -0.25) is 9.59 Å². The number of unbranched alkanes of at least 4 members (excludes halogenated alkanes) is 13. The second-order valence-electron chi connectivity index (χ2n) is 16.4. The molecule has 0 aromatic heterocycles. The van der Waals surface area contributed by atoms with E-state index in [1.54, 1.807) is 20.8 Å².